The quantitative estimate of drug-likeness (QED) is 0.851. The van der Waals surface area contributed by atoms with Crippen LogP contribution < -0.4 is 10.1 Å². The number of anilines is 1. The molecular weight excluding hydrogens is 265 g/mol. The van der Waals surface area contributed by atoms with E-state index in [4.69, 9.17) is 4.74 Å². The second-order valence-corrected chi connectivity index (χ2v) is 6.26. The molecule has 0 spiro atoms. The molecular formula is C18H20FNO. The van der Waals surface area contributed by atoms with Gasteiger partial charge in [0, 0.05) is 17.7 Å². The molecule has 0 fully saturated rings. The number of rotatable bonds is 2. The van der Waals surface area contributed by atoms with E-state index in [0.29, 0.717) is 0 Å². The van der Waals surface area contributed by atoms with Gasteiger partial charge in [-0.3, -0.25) is 0 Å². The molecule has 1 heterocycles. The summed E-state index contributed by atoms with van der Waals surface area (Å²) in [7, 11) is 0. The highest BCUT2D eigenvalue weighted by molar-refractivity contribution is 5.54. The van der Waals surface area contributed by atoms with Gasteiger partial charge in [0.15, 0.2) is 0 Å². The van der Waals surface area contributed by atoms with E-state index in [2.05, 4.69) is 25.2 Å². The predicted molar refractivity (Wildman–Crippen MR) is 83.3 cm³/mol. The summed E-state index contributed by atoms with van der Waals surface area (Å²) in [6.07, 6.45) is 0.862. The smallest absolute Gasteiger partial charge is 0.125 e. The van der Waals surface area contributed by atoms with E-state index in [0.717, 1.165) is 29.0 Å². The van der Waals surface area contributed by atoms with E-state index in [9.17, 15) is 4.39 Å². The van der Waals surface area contributed by atoms with Crippen molar-refractivity contribution in [2.75, 3.05) is 5.32 Å². The highest BCUT2D eigenvalue weighted by atomic mass is 19.1. The second-order valence-electron chi connectivity index (χ2n) is 6.26. The van der Waals surface area contributed by atoms with E-state index in [1.807, 2.05) is 25.1 Å². The monoisotopic (exact) mass is 285 g/mol. The molecule has 1 N–H and O–H groups in total. The molecule has 0 radical (unpaired) electrons. The van der Waals surface area contributed by atoms with Crippen LogP contribution in [-0.2, 0) is 0 Å². The number of para-hydroxylation sites is 1. The maximum absolute atomic E-state index is 13.2. The van der Waals surface area contributed by atoms with Gasteiger partial charge in [-0.25, -0.2) is 4.39 Å². The average molecular weight is 285 g/mol. The minimum Gasteiger partial charge on any atom is -0.487 e. The SMILES string of the molecule is Cc1cc(F)ccc1NC1CC(C)(C)Oc2ccccc21. The summed E-state index contributed by atoms with van der Waals surface area (Å²) in [4.78, 5) is 0. The van der Waals surface area contributed by atoms with E-state index >= 15 is 0 Å². The number of hydrogen-bond donors (Lipinski definition) is 1. The van der Waals surface area contributed by atoms with Gasteiger partial charge in [0.1, 0.15) is 17.2 Å². The van der Waals surface area contributed by atoms with Crippen LogP contribution in [0.1, 0.15) is 37.4 Å². The Morgan fingerprint density at radius 2 is 1.95 bits per heavy atom. The van der Waals surface area contributed by atoms with Gasteiger partial charge in [0.25, 0.3) is 0 Å². The number of ether oxygens (including phenoxy) is 1. The van der Waals surface area contributed by atoms with Crippen LogP contribution >= 0.6 is 0 Å². The zero-order chi connectivity index (χ0) is 15.0. The standard InChI is InChI=1S/C18H20FNO/c1-12-10-13(19)8-9-15(12)20-16-11-18(2,3)21-17-7-5-4-6-14(16)17/h4-10,16,20H,11H2,1-3H3. The van der Waals surface area contributed by atoms with Gasteiger partial charge in [-0.05, 0) is 50.6 Å². The predicted octanol–water partition coefficient (Wildman–Crippen LogP) is 4.85. The van der Waals surface area contributed by atoms with Gasteiger partial charge in [-0.1, -0.05) is 18.2 Å². The molecule has 0 saturated heterocycles. The molecule has 0 aromatic heterocycles. The summed E-state index contributed by atoms with van der Waals surface area (Å²) in [5.74, 6) is 0.719. The fraction of sp³-hybridized carbons (Fsp3) is 0.333. The first-order valence-electron chi connectivity index (χ1n) is 7.25. The third-order valence-corrected chi connectivity index (χ3v) is 3.89. The molecule has 0 amide bonds. The fourth-order valence-electron chi connectivity index (χ4n) is 2.91. The minimum absolute atomic E-state index is 0.161. The molecule has 0 saturated carbocycles. The molecule has 0 aliphatic carbocycles. The largest absolute Gasteiger partial charge is 0.487 e. The lowest BCUT2D eigenvalue weighted by Crippen LogP contribution is -2.37. The topological polar surface area (TPSA) is 21.3 Å². The summed E-state index contributed by atoms with van der Waals surface area (Å²) in [6.45, 7) is 6.10. The number of hydrogen-bond acceptors (Lipinski definition) is 2. The zero-order valence-electron chi connectivity index (χ0n) is 12.6. The van der Waals surface area contributed by atoms with E-state index < -0.39 is 0 Å². The van der Waals surface area contributed by atoms with Crippen LogP contribution in [0.15, 0.2) is 42.5 Å². The Morgan fingerprint density at radius 3 is 2.71 bits per heavy atom. The summed E-state index contributed by atoms with van der Waals surface area (Å²) in [5.41, 5.74) is 2.81. The van der Waals surface area contributed by atoms with Crippen LogP contribution in [0, 0.1) is 12.7 Å². The maximum Gasteiger partial charge on any atom is 0.125 e. The number of fused-ring (bicyclic) bond motifs is 1. The van der Waals surface area contributed by atoms with E-state index in [-0.39, 0.29) is 17.5 Å². The Morgan fingerprint density at radius 1 is 1.19 bits per heavy atom. The molecule has 0 bridgehead atoms. The lowest BCUT2D eigenvalue weighted by molar-refractivity contribution is 0.0759. The van der Waals surface area contributed by atoms with Crippen molar-refractivity contribution >= 4 is 5.69 Å². The van der Waals surface area contributed by atoms with Gasteiger partial charge >= 0.3 is 0 Å². The number of aryl methyl sites for hydroxylation is 1. The maximum atomic E-state index is 13.2. The van der Waals surface area contributed by atoms with Crippen molar-refractivity contribution < 1.29 is 9.13 Å². The van der Waals surface area contributed by atoms with Gasteiger partial charge in [-0.2, -0.15) is 0 Å². The fourth-order valence-corrected chi connectivity index (χ4v) is 2.91. The molecule has 1 atom stereocenters. The van der Waals surface area contributed by atoms with Crippen molar-refractivity contribution in [2.45, 2.75) is 38.8 Å². The van der Waals surface area contributed by atoms with Crippen molar-refractivity contribution in [2.24, 2.45) is 0 Å². The van der Waals surface area contributed by atoms with Crippen LogP contribution in [-0.4, -0.2) is 5.60 Å². The first kappa shape index (κ1) is 13.9. The second kappa shape index (κ2) is 5.06. The van der Waals surface area contributed by atoms with Crippen LogP contribution in [0.5, 0.6) is 5.75 Å². The molecule has 110 valence electrons. The third-order valence-electron chi connectivity index (χ3n) is 3.89. The number of nitrogens with one attached hydrogen (secondary N) is 1. The molecule has 3 heteroatoms. The number of benzene rings is 2. The summed E-state index contributed by atoms with van der Waals surface area (Å²) < 4.78 is 19.3. The average Bonchev–Trinajstić information content (AvgIpc) is 2.40. The summed E-state index contributed by atoms with van der Waals surface area (Å²) in [6, 6.07) is 13.1. The number of halogens is 1. The molecule has 2 nitrogen and oxygen atoms in total. The molecule has 1 unspecified atom stereocenters. The molecule has 2 aromatic carbocycles. The molecule has 3 rings (SSSR count). The highest BCUT2D eigenvalue weighted by Gasteiger charge is 2.33. The molecule has 2 aromatic rings. The van der Waals surface area contributed by atoms with Crippen LogP contribution in [0.25, 0.3) is 0 Å². The van der Waals surface area contributed by atoms with E-state index in [1.165, 1.54) is 6.07 Å². The Kier molecular flexibility index (Phi) is 3.36. The lowest BCUT2D eigenvalue weighted by Gasteiger charge is -2.38. The van der Waals surface area contributed by atoms with Gasteiger partial charge in [0.05, 0.1) is 6.04 Å². The Bertz CT molecular complexity index is 666. The Balaban J connectivity index is 1.94. The Hall–Kier alpha value is -2.03. The van der Waals surface area contributed by atoms with Crippen molar-refractivity contribution in [3.63, 3.8) is 0 Å². The summed E-state index contributed by atoms with van der Waals surface area (Å²) in [5, 5.41) is 3.54. The van der Waals surface area contributed by atoms with Crippen LogP contribution in [0.3, 0.4) is 0 Å². The zero-order valence-corrected chi connectivity index (χ0v) is 12.6. The molecule has 1 aliphatic rings. The lowest BCUT2D eigenvalue weighted by atomic mass is 9.89. The van der Waals surface area contributed by atoms with Crippen molar-refractivity contribution in [1.29, 1.82) is 0 Å². The molecule has 1 aliphatic heterocycles. The minimum atomic E-state index is -0.222. The Labute approximate surface area is 125 Å². The van der Waals surface area contributed by atoms with Gasteiger partial charge in [-0.15, -0.1) is 0 Å². The third kappa shape index (κ3) is 2.87. The summed E-state index contributed by atoms with van der Waals surface area (Å²) >= 11 is 0. The van der Waals surface area contributed by atoms with Crippen LogP contribution in [0.4, 0.5) is 10.1 Å². The highest BCUT2D eigenvalue weighted by Crippen LogP contribution is 2.41. The first-order valence-corrected chi connectivity index (χ1v) is 7.25. The van der Waals surface area contributed by atoms with Crippen molar-refractivity contribution in [3.8, 4) is 5.75 Å². The van der Waals surface area contributed by atoms with Crippen molar-refractivity contribution in [3.05, 3.63) is 59.4 Å². The van der Waals surface area contributed by atoms with Gasteiger partial charge < -0.3 is 10.1 Å². The van der Waals surface area contributed by atoms with E-state index in [1.54, 1.807) is 12.1 Å². The first-order chi connectivity index (χ1) is 9.94. The molecule has 21 heavy (non-hydrogen) atoms. The van der Waals surface area contributed by atoms with Crippen molar-refractivity contribution in [1.82, 2.24) is 0 Å². The van der Waals surface area contributed by atoms with Crippen LogP contribution in [0.2, 0.25) is 0 Å². The van der Waals surface area contributed by atoms with Gasteiger partial charge in [0.2, 0.25) is 0 Å². The normalized spacial score (nSPS) is 19.5.